The van der Waals surface area contributed by atoms with Crippen LogP contribution in [0.25, 0.3) is 0 Å². The highest BCUT2D eigenvalue weighted by Gasteiger charge is 2.50. The van der Waals surface area contributed by atoms with Crippen molar-refractivity contribution in [1.82, 2.24) is 10.3 Å². The van der Waals surface area contributed by atoms with E-state index in [1.165, 1.54) is 0 Å². The summed E-state index contributed by atoms with van der Waals surface area (Å²) < 4.78 is 6.12. The third-order valence-electron chi connectivity index (χ3n) is 6.71. The maximum atomic E-state index is 13.7. The minimum Gasteiger partial charge on any atom is -0.490 e. The number of hydrogen-bond donors (Lipinski definition) is 1. The number of rotatable bonds is 7. The van der Waals surface area contributed by atoms with E-state index >= 15 is 0 Å². The second kappa shape index (κ2) is 9.86. The van der Waals surface area contributed by atoms with Crippen LogP contribution in [0.3, 0.4) is 0 Å². The van der Waals surface area contributed by atoms with E-state index in [0.717, 1.165) is 62.2 Å². The fraction of sp³-hybridized carbons (Fsp3) is 0.440. The molecule has 2 fully saturated rings. The molecule has 7 nitrogen and oxygen atoms in total. The fourth-order valence-corrected chi connectivity index (χ4v) is 4.88. The second-order valence-corrected chi connectivity index (χ2v) is 8.97. The monoisotopic (exact) mass is 463 g/mol. The number of pyridine rings is 1. The zero-order chi connectivity index (χ0) is 23.4. The van der Waals surface area contributed by atoms with Crippen LogP contribution >= 0.6 is 12.2 Å². The van der Waals surface area contributed by atoms with E-state index in [0.29, 0.717) is 11.4 Å². The summed E-state index contributed by atoms with van der Waals surface area (Å²) in [6.07, 6.45) is 6.21. The Morgan fingerprint density at radius 2 is 1.97 bits per heavy atom. The molecule has 0 atom stereocenters. The Bertz CT molecular complexity index is 1060. The average molecular weight is 464 g/mol. The topological polar surface area (TPSA) is 81.5 Å². The molecule has 33 heavy (non-hydrogen) atoms. The lowest BCUT2D eigenvalue weighted by atomic mass is 9.74. The van der Waals surface area contributed by atoms with Crippen LogP contribution in [-0.4, -0.2) is 48.2 Å². The van der Waals surface area contributed by atoms with Crippen molar-refractivity contribution in [3.8, 4) is 11.8 Å². The maximum absolute atomic E-state index is 13.7. The van der Waals surface area contributed by atoms with Crippen LogP contribution in [0.15, 0.2) is 36.5 Å². The van der Waals surface area contributed by atoms with E-state index < -0.39 is 5.54 Å². The molecular weight excluding hydrogens is 434 g/mol. The summed E-state index contributed by atoms with van der Waals surface area (Å²) in [5, 5.41) is 12.5. The predicted molar refractivity (Wildman–Crippen MR) is 133 cm³/mol. The summed E-state index contributed by atoms with van der Waals surface area (Å²) in [5.74, 6) is 0.802. The van der Waals surface area contributed by atoms with Gasteiger partial charge in [0.05, 0.1) is 17.4 Å². The number of aromatic nitrogens is 1. The average Bonchev–Trinajstić information content (AvgIpc) is 2.81. The number of ether oxygens (including phenoxy) is 1. The van der Waals surface area contributed by atoms with E-state index in [1.807, 2.05) is 42.2 Å². The Labute approximate surface area is 200 Å². The van der Waals surface area contributed by atoms with Crippen LogP contribution in [0.4, 0.5) is 11.4 Å². The highest BCUT2D eigenvalue weighted by atomic mass is 32.1. The largest absolute Gasteiger partial charge is 0.490 e. The maximum Gasteiger partial charge on any atom is 0.253 e. The van der Waals surface area contributed by atoms with E-state index in [-0.39, 0.29) is 12.0 Å². The molecule has 1 N–H and O–H groups in total. The molecular formula is C25H29N5O2S. The van der Waals surface area contributed by atoms with Gasteiger partial charge in [-0.2, -0.15) is 5.26 Å². The number of aryl methyl sites for hydroxylation is 1. The number of nitrogens with one attached hydrogen (secondary N) is 1. The van der Waals surface area contributed by atoms with E-state index in [1.54, 1.807) is 23.6 Å². The van der Waals surface area contributed by atoms with E-state index in [9.17, 15) is 4.79 Å². The summed E-state index contributed by atoms with van der Waals surface area (Å²) in [6, 6.07) is 11.7. The van der Waals surface area contributed by atoms with Crippen LogP contribution in [0.1, 0.15) is 43.4 Å². The van der Waals surface area contributed by atoms with E-state index in [4.69, 9.17) is 22.2 Å². The van der Waals surface area contributed by atoms with Crippen LogP contribution in [0, 0.1) is 18.3 Å². The molecule has 1 saturated carbocycles. The molecule has 1 aromatic heterocycles. The van der Waals surface area contributed by atoms with Gasteiger partial charge in [-0.3, -0.25) is 4.79 Å². The van der Waals surface area contributed by atoms with Gasteiger partial charge in [0.2, 0.25) is 0 Å². The molecule has 1 aromatic carbocycles. The standard InChI is InChI=1S/C25H29N5O2S/c1-18-14-20(16-28-23(18)15-26)29(2)24(31)25(10-3-11-25)30(17-33)19-4-6-21(7-5-19)32-22-8-12-27-13-9-22/h4-7,14,16-17,22,27H,3,8-13H2,1-2H3. The normalized spacial score (nSPS) is 17.4. The summed E-state index contributed by atoms with van der Waals surface area (Å²) in [4.78, 5) is 21.4. The molecule has 1 amide bonds. The van der Waals surface area contributed by atoms with Gasteiger partial charge in [0.25, 0.3) is 5.91 Å². The van der Waals surface area contributed by atoms with Crippen molar-refractivity contribution < 1.29 is 9.53 Å². The zero-order valence-corrected chi connectivity index (χ0v) is 19.9. The van der Waals surface area contributed by atoms with Crippen LogP contribution in [-0.2, 0) is 4.79 Å². The highest BCUT2D eigenvalue weighted by molar-refractivity contribution is 7.79. The molecule has 2 aromatic rings. The zero-order valence-electron chi connectivity index (χ0n) is 19.1. The van der Waals surface area contributed by atoms with Gasteiger partial charge in [-0.15, -0.1) is 0 Å². The van der Waals surface area contributed by atoms with Gasteiger partial charge in [-0.1, -0.05) is 12.2 Å². The van der Waals surface area contributed by atoms with Crippen molar-refractivity contribution in [2.45, 2.75) is 50.7 Å². The first-order valence-electron chi connectivity index (χ1n) is 11.4. The number of carbonyl (C=O) groups excluding carboxylic acids is 1. The SMILES string of the molecule is Cc1cc(N(C)C(=O)C2(N(C=S)c3ccc(OC4CCNCC4)cc3)CCC2)cnc1C#N. The number of nitriles is 1. The number of thiocarbonyl (C=S) groups is 1. The molecule has 0 bridgehead atoms. The predicted octanol–water partition coefficient (Wildman–Crippen LogP) is 3.74. The van der Waals surface area contributed by atoms with Crippen molar-refractivity contribution in [1.29, 1.82) is 5.26 Å². The number of benzene rings is 1. The molecule has 0 spiro atoms. The third kappa shape index (κ3) is 4.56. The smallest absolute Gasteiger partial charge is 0.253 e. The minimum absolute atomic E-state index is 0.0317. The van der Waals surface area contributed by atoms with Crippen LogP contribution < -0.4 is 19.9 Å². The molecule has 2 heterocycles. The number of hydrogen-bond acceptors (Lipinski definition) is 6. The van der Waals surface area contributed by atoms with Gasteiger partial charge in [0.1, 0.15) is 29.2 Å². The van der Waals surface area contributed by atoms with Gasteiger partial charge in [0.15, 0.2) is 0 Å². The Balaban J connectivity index is 1.54. The number of anilines is 2. The second-order valence-electron chi connectivity index (χ2n) is 8.76. The Kier molecular flexibility index (Phi) is 6.91. The van der Waals surface area contributed by atoms with Gasteiger partial charge in [-0.05, 0) is 88.0 Å². The number of likely N-dealkylation sites (N-methyl/N-ethyl adjacent to an activating group) is 1. The van der Waals surface area contributed by atoms with Crippen molar-refractivity contribution >= 4 is 35.0 Å². The summed E-state index contributed by atoms with van der Waals surface area (Å²) >= 11 is 5.39. The lowest BCUT2D eigenvalue weighted by Crippen LogP contribution is -2.63. The Morgan fingerprint density at radius 3 is 2.52 bits per heavy atom. The molecule has 2 aliphatic rings. The molecule has 1 aliphatic carbocycles. The number of carbonyl (C=O) groups is 1. The van der Waals surface area contributed by atoms with Gasteiger partial charge < -0.3 is 19.9 Å². The molecule has 4 rings (SSSR count). The first-order chi connectivity index (χ1) is 16.0. The van der Waals surface area contributed by atoms with Gasteiger partial charge in [0, 0.05) is 12.7 Å². The molecule has 0 unspecified atom stereocenters. The Hall–Kier alpha value is -3.02. The molecule has 1 saturated heterocycles. The van der Waals surface area contributed by atoms with Gasteiger partial charge in [-0.25, -0.2) is 4.98 Å². The first-order valence-corrected chi connectivity index (χ1v) is 11.8. The summed E-state index contributed by atoms with van der Waals surface area (Å²) in [7, 11) is 1.75. The Morgan fingerprint density at radius 1 is 1.27 bits per heavy atom. The fourth-order valence-electron chi connectivity index (χ4n) is 4.56. The van der Waals surface area contributed by atoms with Crippen molar-refractivity contribution in [3.05, 3.63) is 47.8 Å². The van der Waals surface area contributed by atoms with Crippen molar-refractivity contribution in [2.24, 2.45) is 0 Å². The number of nitrogens with zero attached hydrogens (tertiary/aromatic N) is 4. The molecule has 172 valence electrons. The molecule has 8 heteroatoms. The number of piperidine rings is 1. The molecule has 0 radical (unpaired) electrons. The quantitative estimate of drug-likeness (QED) is 0.627. The van der Waals surface area contributed by atoms with E-state index in [2.05, 4.69) is 16.4 Å². The van der Waals surface area contributed by atoms with Crippen molar-refractivity contribution in [3.63, 3.8) is 0 Å². The minimum atomic E-state index is -0.726. The third-order valence-corrected chi connectivity index (χ3v) is 6.92. The summed E-state index contributed by atoms with van der Waals surface area (Å²) in [6.45, 7) is 3.78. The lowest BCUT2D eigenvalue weighted by molar-refractivity contribution is -0.125. The van der Waals surface area contributed by atoms with Crippen LogP contribution in [0.5, 0.6) is 5.75 Å². The number of amides is 1. The molecule has 1 aliphatic heterocycles. The van der Waals surface area contributed by atoms with Gasteiger partial charge >= 0.3 is 0 Å². The lowest BCUT2D eigenvalue weighted by Gasteiger charge is -2.49. The first kappa shape index (κ1) is 23.1. The highest BCUT2D eigenvalue weighted by Crippen LogP contribution is 2.42. The van der Waals surface area contributed by atoms with Crippen LogP contribution in [0.2, 0.25) is 0 Å². The van der Waals surface area contributed by atoms with Crippen molar-refractivity contribution in [2.75, 3.05) is 29.9 Å². The summed E-state index contributed by atoms with van der Waals surface area (Å²) in [5.41, 5.74) is 3.50.